The van der Waals surface area contributed by atoms with Crippen LogP contribution < -0.4 is 14.8 Å². The zero-order valence-corrected chi connectivity index (χ0v) is 17.1. The highest BCUT2D eigenvalue weighted by Crippen LogP contribution is 2.25. The summed E-state index contributed by atoms with van der Waals surface area (Å²) in [6, 6.07) is 8.56. The predicted octanol–water partition coefficient (Wildman–Crippen LogP) is 4.98. The van der Waals surface area contributed by atoms with E-state index in [1.54, 1.807) is 5.38 Å². The number of rotatable bonds is 8. The van der Waals surface area contributed by atoms with Gasteiger partial charge in [-0.05, 0) is 50.2 Å². The van der Waals surface area contributed by atoms with Gasteiger partial charge in [-0.15, -0.1) is 11.3 Å². The van der Waals surface area contributed by atoms with Crippen LogP contribution in [0.3, 0.4) is 0 Å². The Bertz CT molecular complexity index is 1020. The van der Waals surface area contributed by atoms with E-state index in [-0.39, 0.29) is 11.6 Å². The Morgan fingerprint density at radius 1 is 1.10 bits per heavy atom. The molecule has 0 spiro atoms. The van der Waals surface area contributed by atoms with Crippen LogP contribution in [0.2, 0.25) is 0 Å². The molecule has 0 aliphatic rings. The molecule has 0 radical (unpaired) electrons. The molecule has 30 heavy (non-hydrogen) atoms. The minimum absolute atomic E-state index is 0.227. The molecule has 0 saturated carbocycles. The minimum Gasteiger partial charge on any atom is -0.493 e. The van der Waals surface area contributed by atoms with E-state index < -0.39 is 23.1 Å². The molecular weight excluding hydrogens is 417 g/mol. The lowest BCUT2D eigenvalue weighted by Crippen LogP contribution is -2.42. The number of nitrogens with one attached hydrogen (secondary N) is 1. The van der Waals surface area contributed by atoms with Crippen molar-refractivity contribution in [1.82, 2.24) is 4.98 Å². The maximum Gasteiger partial charge on any atom is 0.269 e. The number of aromatic nitrogens is 1. The number of thiazole rings is 1. The van der Waals surface area contributed by atoms with Gasteiger partial charge in [-0.25, -0.2) is 18.2 Å². The molecule has 0 aliphatic heterocycles. The Balaban J connectivity index is 1.53. The maximum absolute atomic E-state index is 13.8. The summed E-state index contributed by atoms with van der Waals surface area (Å²) in [6.07, 6.45) is 0.491. The largest absolute Gasteiger partial charge is 0.493 e. The normalized spacial score (nSPS) is 11.2. The van der Waals surface area contributed by atoms with Gasteiger partial charge in [0.1, 0.15) is 17.4 Å². The maximum atomic E-state index is 13.8. The average molecular weight is 436 g/mol. The van der Waals surface area contributed by atoms with E-state index in [4.69, 9.17) is 9.47 Å². The Morgan fingerprint density at radius 2 is 1.80 bits per heavy atom. The summed E-state index contributed by atoms with van der Waals surface area (Å²) in [4.78, 5) is 16.8. The monoisotopic (exact) mass is 436 g/mol. The molecule has 3 rings (SSSR count). The van der Waals surface area contributed by atoms with E-state index in [1.165, 1.54) is 49.4 Å². The quantitative estimate of drug-likeness (QED) is 0.541. The van der Waals surface area contributed by atoms with E-state index in [9.17, 15) is 18.0 Å². The fraction of sp³-hybridized carbons (Fsp3) is 0.238. The van der Waals surface area contributed by atoms with E-state index in [1.807, 2.05) is 0 Å². The van der Waals surface area contributed by atoms with Crippen LogP contribution in [0.4, 0.5) is 18.3 Å². The lowest BCUT2D eigenvalue weighted by Gasteiger charge is -2.24. The van der Waals surface area contributed by atoms with Crippen LogP contribution in [-0.2, 0) is 11.2 Å². The van der Waals surface area contributed by atoms with Gasteiger partial charge in [-0.1, -0.05) is 0 Å². The average Bonchev–Trinajstić information content (AvgIpc) is 3.13. The summed E-state index contributed by atoms with van der Waals surface area (Å²) in [5.41, 5.74) is -0.711. The Kier molecular flexibility index (Phi) is 6.61. The van der Waals surface area contributed by atoms with Gasteiger partial charge < -0.3 is 9.47 Å². The van der Waals surface area contributed by atoms with Crippen LogP contribution in [0, 0.1) is 17.5 Å². The molecule has 5 nitrogen and oxygen atoms in total. The number of ether oxygens (including phenoxy) is 2. The standard InChI is InChI=1S/C21H19F3N2O3S/c1-21(2,29-18-8-5-14(23)11-17(18)24)19(27)26-20-25-15(12-30-20)9-10-28-16-6-3-13(22)4-7-16/h3-8,11-12H,9-10H2,1-2H3,(H,25,26,27). The molecule has 3 aromatic rings. The summed E-state index contributed by atoms with van der Waals surface area (Å²) < 4.78 is 50.7. The number of nitrogens with zero attached hydrogens (tertiary/aromatic N) is 1. The second-order valence-electron chi connectivity index (χ2n) is 6.84. The summed E-state index contributed by atoms with van der Waals surface area (Å²) in [5.74, 6) is -2.18. The molecule has 0 unspecified atom stereocenters. The van der Waals surface area contributed by atoms with Crippen molar-refractivity contribution in [2.24, 2.45) is 0 Å². The van der Waals surface area contributed by atoms with Crippen molar-refractivity contribution >= 4 is 22.4 Å². The van der Waals surface area contributed by atoms with Crippen LogP contribution in [0.5, 0.6) is 11.5 Å². The van der Waals surface area contributed by atoms with Crippen LogP contribution in [0.15, 0.2) is 47.8 Å². The van der Waals surface area contributed by atoms with Crippen molar-refractivity contribution in [3.05, 3.63) is 71.0 Å². The topological polar surface area (TPSA) is 60.5 Å². The molecular formula is C21H19F3N2O3S. The van der Waals surface area contributed by atoms with Crippen LogP contribution >= 0.6 is 11.3 Å². The number of halogens is 3. The van der Waals surface area contributed by atoms with Gasteiger partial charge in [0.15, 0.2) is 22.3 Å². The van der Waals surface area contributed by atoms with Crippen molar-refractivity contribution in [3.8, 4) is 11.5 Å². The zero-order chi connectivity index (χ0) is 21.7. The van der Waals surface area contributed by atoms with Crippen molar-refractivity contribution in [3.63, 3.8) is 0 Å². The Labute approximate surface area is 175 Å². The molecule has 1 amide bonds. The summed E-state index contributed by atoms with van der Waals surface area (Å²) in [7, 11) is 0. The smallest absolute Gasteiger partial charge is 0.269 e. The van der Waals surface area contributed by atoms with Crippen molar-refractivity contribution in [2.75, 3.05) is 11.9 Å². The summed E-state index contributed by atoms with van der Waals surface area (Å²) in [5, 5.41) is 4.76. The lowest BCUT2D eigenvalue weighted by atomic mass is 10.1. The van der Waals surface area contributed by atoms with E-state index >= 15 is 0 Å². The van der Waals surface area contributed by atoms with Crippen molar-refractivity contribution < 1.29 is 27.4 Å². The van der Waals surface area contributed by atoms with Gasteiger partial charge in [0.25, 0.3) is 5.91 Å². The predicted molar refractivity (Wildman–Crippen MR) is 107 cm³/mol. The Morgan fingerprint density at radius 3 is 2.50 bits per heavy atom. The molecule has 0 fully saturated rings. The number of hydrogen-bond donors (Lipinski definition) is 1. The minimum atomic E-state index is -1.42. The molecule has 2 aromatic carbocycles. The van der Waals surface area contributed by atoms with Crippen molar-refractivity contribution in [1.29, 1.82) is 0 Å². The lowest BCUT2D eigenvalue weighted by molar-refractivity contribution is -0.128. The third-order valence-electron chi connectivity index (χ3n) is 4.02. The molecule has 1 aromatic heterocycles. The van der Waals surface area contributed by atoms with Gasteiger partial charge in [0.2, 0.25) is 0 Å². The molecule has 0 saturated heterocycles. The van der Waals surface area contributed by atoms with Crippen molar-refractivity contribution in [2.45, 2.75) is 25.9 Å². The number of benzene rings is 2. The van der Waals surface area contributed by atoms with Crippen LogP contribution in [-0.4, -0.2) is 23.1 Å². The first-order valence-electron chi connectivity index (χ1n) is 9.01. The van der Waals surface area contributed by atoms with Gasteiger partial charge in [-0.3, -0.25) is 10.1 Å². The third kappa shape index (κ3) is 5.73. The fourth-order valence-corrected chi connectivity index (χ4v) is 3.15. The first-order valence-corrected chi connectivity index (χ1v) is 9.89. The third-order valence-corrected chi connectivity index (χ3v) is 4.83. The highest BCUT2D eigenvalue weighted by molar-refractivity contribution is 7.13. The number of carbonyl (C=O) groups is 1. The molecule has 158 valence electrons. The molecule has 0 bridgehead atoms. The number of anilines is 1. The number of hydrogen-bond acceptors (Lipinski definition) is 5. The molecule has 0 atom stereocenters. The molecule has 0 aliphatic carbocycles. The zero-order valence-electron chi connectivity index (χ0n) is 16.2. The van der Waals surface area contributed by atoms with Gasteiger partial charge in [-0.2, -0.15) is 0 Å². The highest BCUT2D eigenvalue weighted by Gasteiger charge is 2.31. The Hall–Kier alpha value is -3.07. The number of carbonyl (C=O) groups excluding carboxylic acids is 1. The highest BCUT2D eigenvalue weighted by atomic mass is 32.1. The van der Waals surface area contributed by atoms with Crippen LogP contribution in [0.25, 0.3) is 0 Å². The van der Waals surface area contributed by atoms with Crippen LogP contribution in [0.1, 0.15) is 19.5 Å². The SMILES string of the molecule is CC(C)(Oc1ccc(F)cc1F)C(=O)Nc1nc(CCOc2ccc(F)cc2)cs1. The van der Waals surface area contributed by atoms with Gasteiger partial charge >= 0.3 is 0 Å². The molecule has 1 heterocycles. The first kappa shape index (κ1) is 21.6. The fourth-order valence-electron chi connectivity index (χ4n) is 2.41. The second-order valence-corrected chi connectivity index (χ2v) is 7.70. The van der Waals surface area contributed by atoms with E-state index in [0.717, 1.165) is 12.1 Å². The number of amides is 1. The van der Waals surface area contributed by atoms with E-state index in [2.05, 4.69) is 10.3 Å². The van der Waals surface area contributed by atoms with Gasteiger partial charge in [0, 0.05) is 17.9 Å². The van der Waals surface area contributed by atoms with Gasteiger partial charge in [0.05, 0.1) is 12.3 Å². The second kappa shape index (κ2) is 9.17. The summed E-state index contributed by atoms with van der Waals surface area (Å²) >= 11 is 1.23. The van der Waals surface area contributed by atoms with E-state index in [0.29, 0.717) is 35.7 Å². The first-order chi connectivity index (χ1) is 14.2. The summed E-state index contributed by atoms with van der Waals surface area (Å²) in [6.45, 7) is 3.27. The molecule has 9 heteroatoms. The molecule has 1 N–H and O–H groups in total.